The van der Waals surface area contributed by atoms with Crippen LogP contribution in [-0.2, 0) is 11.3 Å². The number of rotatable bonds is 3. The second kappa shape index (κ2) is 6.93. The number of aromatic nitrogens is 2. The molecule has 0 atom stereocenters. The summed E-state index contributed by atoms with van der Waals surface area (Å²) in [5, 5.41) is 2.85. The summed E-state index contributed by atoms with van der Waals surface area (Å²) in [6.45, 7) is 11.6. The van der Waals surface area contributed by atoms with E-state index in [1.807, 2.05) is 34.6 Å². The zero-order chi connectivity index (χ0) is 18.0. The Labute approximate surface area is 144 Å². The molecule has 7 heteroatoms. The molecule has 2 heterocycles. The van der Waals surface area contributed by atoms with Crippen molar-refractivity contribution in [1.82, 2.24) is 15.3 Å². The van der Waals surface area contributed by atoms with Crippen LogP contribution in [0.15, 0.2) is 6.20 Å². The summed E-state index contributed by atoms with van der Waals surface area (Å²) >= 11 is 0. The normalized spacial score (nSPS) is 17.5. The lowest BCUT2D eigenvalue weighted by molar-refractivity contribution is 0.00403. The number of carbonyl (C=O) groups is 1. The molecule has 134 valence electrons. The molecular formula is C17H29N5O2. The Morgan fingerprint density at radius 1 is 1.42 bits per heavy atom. The van der Waals surface area contributed by atoms with Crippen LogP contribution in [0.1, 0.15) is 51.9 Å². The molecule has 0 radical (unpaired) electrons. The van der Waals surface area contributed by atoms with Crippen molar-refractivity contribution >= 4 is 11.9 Å². The van der Waals surface area contributed by atoms with Gasteiger partial charge in [-0.05, 0) is 34.6 Å². The number of nitrogens with zero attached hydrogens (tertiary/aromatic N) is 3. The van der Waals surface area contributed by atoms with Gasteiger partial charge in [-0.3, -0.25) is 4.98 Å². The van der Waals surface area contributed by atoms with Crippen LogP contribution in [-0.4, -0.2) is 40.3 Å². The molecule has 1 aliphatic heterocycles. The highest BCUT2D eigenvalue weighted by Crippen LogP contribution is 2.29. The molecule has 0 aliphatic carbocycles. The van der Waals surface area contributed by atoms with Gasteiger partial charge in [-0.1, -0.05) is 0 Å². The number of piperidine rings is 1. The van der Waals surface area contributed by atoms with E-state index in [1.54, 1.807) is 6.20 Å². The van der Waals surface area contributed by atoms with Crippen LogP contribution in [0.25, 0.3) is 0 Å². The van der Waals surface area contributed by atoms with Crippen molar-refractivity contribution in [2.24, 2.45) is 5.73 Å². The average Bonchev–Trinajstić information content (AvgIpc) is 2.45. The molecular weight excluding hydrogens is 306 g/mol. The molecule has 1 aromatic heterocycles. The molecule has 1 amide bonds. The third kappa shape index (κ3) is 4.80. The zero-order valence-electron chi connectivity index (χ0n) is 15.3. The number of carbonyl (C=O) groups excluding carboxylic acids is 1. The van der Waals surface area contributed by atoms with Gasteiger partial charge in [-0.15, -0.1) is 0 Å². The van der Waals surface area contributed by atoms with E-state index in [0.29, 0.717) is 6.54 Å². The lowest BCUT2D eigenvalue weighted by Gasteiger charge is -2.40. The molecule has 0 spiro atoms. The van der Waals surface area contributed by atoms with Crippen molar-refractivity contribution in [2.45, 2.75) is 65.1 Å². The van der Waals surface area contributed by atoms with Crippen LogP contribution in [0.3, 0.4) is 0 Å². The first-order valence-electron chi connectivity index (χ1n) is 8.41. The fourth-order valence-corrected chi connectivity index (χ4v) is 2.74. The van der Waals surface area contributed by atoms with Gasteiger partial charge in [0.05, 0.1) is 11.4 Å². The highest BCUT2D eigenvalue weighted by Gasteiger charge is 2.35. The molecule has 24 heavy (non-hydrogen) atoms. The average molecular weight is 335 g/mol. The van der Waals surface area contributed by atoms with Gasteiger partial charge in [0.25, 0.3) is 0 Å². The summed E-state index contributed by atoms with van der Waals surface area (Å²) in [5.74, 6) is 0.846. The molecule has 1 saturated heterocycles. The van der Waals surface area contributed by atoms with E-state index in [0.717, 1.165) is 43.1 Å². The number of nitrogens with one attached hydrogen (secondary N) is 1. The highest BCUT2D eigenvalue weighted by molar-refractivity contribution is 5.68. The van der Waals surface area contributed by atoms with Crippen molar-refractivity contribution in [3.8, 4) is 0 Å². The largest absolute Gasteiger partial charge is 0.443 e. The van der Waals surface area contributed by atoms with Gasteiger partial charge in [0.15, 0.2) is 5.82 Å². The smallest absolute Gasteiger partial charge is 0.408 e. The van der Waals surface area contributed by atoms with Gasteiger partial charge in [-0.2, -0.15) is 0 Å². The van der Waals surface area contributed by atoms with Gasteiger partial charge in [-0.25, -0.2) is 9.78 Å². The molecule has 2 rings (SSSR count). The molecule has 0 aromatic carbocycles. The van der Waals surface area contributed by atoms with Gasteiger partial charge in [0, 0.05) is 44.2 Å². The lowest BCUT2D eigenvalue weighted by Crippen LogP contribution is -2.49. The number of alkyl carbamates (subject to hydrolysis) is 1. The number of hydrogen-bond donors (Lipinski definition) is 2. The first-order valence-corrected chi connectivity index (χ1v) is 8.41. The fourth-order valence-electron chi connectivity index (χ4n) is 2.74. The number of amides is 1. The molecule has 1 aromatic rings. The van der Waals surface area contributed by atoms with Gasteiger partial charge in [0.1, 0.15) is 5.60 Å². The molecule has 0 saturated carbocycles. The topological polar surface area (TPSA) is 93.4 Å². The van der Waals surface area contributed by atoms with E-state index in [1.165, 1.54) is 0 Å². The van der Waals surface area contributed by atoms with Crippen LogP contribution in [0, 0.1) is 6.92 Å². The SMILES string of the molecule is Cc1cnc(CN)c(N2CCC(C)(OC(=O)NC(C)(C)C)CC2)n1. The standard InChI is InChI=1S/C17H29N5O2/c1-12-11-19-13(10-18)14(20-12)22-8-6-17(5,7-9-22)24-15(23)21-16(2,3)4/h11H,6-10,18H2,1-5H3,(H,21,23). The predicted molar refractivity (Wildman–Crippen MR) is 93.9 cm³/mol. The van der Waals surface area contributed by atoms with Crippen molar-refractivity contribution in [2.75, 3.05) is 18.0 Å². The number of hydrogen-bond acceptors (Lipinski definition) is 6. The monoisotopic (exact) mass is 335 g/mol. The quantitative estimate of drug-likeness (QED) is 0.879. The third-order valence-electron chi connectivity index (χ3n) is 4.08. The van der Waals surface area contributed by atoms with Crippen molar-refractivity contribution < 1.29 is 9.53 Å². The van der Waals surface area contributed by atoms with E-state index in [9.17, 15) is 4.79 Å². The summed E-state index contributed by atoms with van der Waals surface area (Å²) in [6.07, 6.45) is 2.85. The van der Waals surface area contributed by atoms with Crippen LogP contribution in [0.4, 0.5) is 10.6 Å². The molecule has 3 N–H and O–H groups in total. The lowest BCUT2D eigenvalue weighted by atomic mass is 9.93. The molecule has 7 nitrogen and oxygen atoms in total. The Balaban J connectivity index is 2.00. The maximum atomic E-state index is 12.0. The Morgan fingerprint density at radius 2 is 2.04 bits per heavy atom. The fraction of sp³-hybridized carbons (Fsp3) is 0.706. The number of nitrogens with two attached hydrogens (primary N) is 1. The summed E-state index contributed by atoms with van der Waals surface area (Å²) in [6, 6.07) is 0. The van der Waals surface area contributed by atoms with Crippen molar-refractivity contribution in [1.29, 1.82) is 0 Å². The van der Waals surface area contributed by atoms with Crippen LogP contribution < -0.4 is 16.0 Å². The van der Waals surface area contributed by atoms with Crippen LogP contribution in [0.2, 0.25) is 0 Å². The Morgan fingerprint density at radius 3 is 2.58 bits per heavy atom. The van der Waals surface area contributed by atoms with Gasteiger partial charge in [0.2, 0.25) is 0 Å². The van der Waals surface area contributed by atoms with E-state index in [4.69, 9.17) is 10.5 Å². The van der Waals surface area contributed by atoms with E-state index in [-0.39, 0.29) is 11.6 Å². The van der Waals surface area contributed by atoms with Crippen molar-refractivity contribution in [3.63, 3.8) is 0 Å². The summed E-state index contributed by atoms with van der Waals surface area (Å²) < 4.78 is 5.68. The predicted octanol–water partition coefficient (Wildman–Crippen LogP) is 2.13. The summed E-state index contributed by atoms with van der Waals surface area (Å²) in [5.41, 5.74) is 6.68. The summed E-state index contributed by atoms with van der Waals surface area (Å²) in [4.78, 5) is 23.2. The first kappa shape index (κ1) is 18.4. The zero-order valence-corrected chi connectivity index (χ0v) is 15.3. The van der Waals surface area contributed by atoms with E-state index in [2.05, 4.69) is 20.2 Å². The number of aryl methyl sites for hydroxylation is 1. The van der Waals surface area contributed by atoms with E-state index < -0.39 is 5.60 Å². The number of ether oxygens (including phenoxy) is 1. The molecule has 1 fully saturated rings. The second-order valence-electron chi connectivity index (χ2n) is 7.69. The molecule has 0 unspecified atom stereocenters. The second-order valence-corrected chi connectivity index (χ2v) is 7.69. The molecule has 1 aliphatic rings. The minimum atomic E-state index is -0.466. The first-order chi connectivity index (χ1) is 11.1. The Bertz CT molecular complexity index is 589. The maximum Gasteiger partial charge on any atom is 0.408 e. The number of anilines is 1. The maximum absolute atomic E-state index is 12.0. The van der Waals surface area contributed by atoms with Crippen LogP contribution >= 0.6 is 0 Å². The third-order valence-corrected chi connectivity index (χ3v) is 4.08. The molecule has 0 bridgehead atoms. The Kier molecular flexibility index (Phi) is 5.32. The minimum absolute atomic E-state index is 0.304. The highest BCUT2D eigenvalue weighted by atomic mass is 16.6. The summed E-state index contributed by atoms with van der Waals surface area (Å²) in [7, 11) is 0. The van der Waals surface area contributed by atoms with Gasteiger partial charge >= 0.3 is 6.09 Å². The minimum Gasteiger partial charge on any atom is -0.443 e. The van der Waals surface area contributed by atoms with Crippen LogP contribution in [0.5, 0.6) is 0 Å². The Hall–Kier alpha value is -1.89. The van der Waals surface area contributed by atoms with Gasteiger partial charge < -0.3 is 20.7 Å². The van der Waals surface area contributed by atoms with E-state index >= 15 is 0 Å². The van der Waals surface area contributed by atoms with Crippen molar-refractivity contribution in [3.05, 3.63) is 17.6 Å².